The van der Waals surface area contributed by atoms with Gasteiger partial charge in [0.05, 0.1) is 6.04 Å². The summed E-state index contributed by atoms with van der Waals surface area (Å²) in [5, 5.41) is 0.426. The first-order valence-electron chi connectivity index (χ1n) is 6.48. The fourth-order valence-electron chi connectivity index (χ4n) is 2.38. The van der Waals surface area contributed by atoms with Crippen molar-refractivity contribution in [2.75, 3.05) is 0 Å². The summed E-state index contributed by atoms with van der Waals surface area (Å²) in [5.41, 5.74) is 7.19. The first-order chi connectivity index (χ1) is 9.51. The molecule has 0 aliphatic carbocycles. The van der Waals surface area contributed by atoms with E-state index in [-0.39, 0.29) is 11.9 Å². The Morgan fingerprint density at radius 2 is 1.95 bits per heavy atom. The zero-order valence-electron chi connectivity index (χ0n) is 11.6. The van der Waals surface area contributed by atoms with Crippen molar-refractivity contribution in [1.82, 2.24) is 5.43 Å². The van der Waals surface area contributed by atoms with E-state index in [9.17, 15) is 4.39 Å². The molecular weight excluding hydrogens is 275 g/mol. The highest BCUT2D eigenvalue weighted by atomic mass is 35.5. The minimum Gasteiger partial charge on any atom is -0.271 e. The topological polar surface area (TPSA) is 38.0 Å². The highest BCUT2D eigenvalue weighted by molar-refractivity contribution is 6.31. The van der Waals surface area contributed by atoms with Crippen molar-refractivity contribution < 1.29 is 4.39 Å². The Labute approximate surface area is 123 Å². The number of nitrogens with two attached hydrogens (primary N) is 1. The predicted molar refractivity (Wildman–Crippen MR) is 81.1 cm³/mol. The Morgan fingerprint density at radius 1 is 1.20 bits per heavy atom. The van der Waals surface area contributed by atoms with Gasteiger partial charge in [0.15, 0.2) is 0 Å². The zero-order chi connectivity index (χ0) is 14.7. The first kappa shape index (κ1) is 15.0. The van der Waals surface area contributed by atoms with Crippen LogP contribution in [-0.4, -0.2) is 0 Å². The van der Waals surface area contributed by atoms with Gasteiger partial charge in [-0.25, -0.2) is 4.39 Å². The van der Waals surface area contributed by atoms with Crippen molar-refractivity contribution in [3.8, 4) is 0 Å². The molecule has 0 heterocycles. The third-order valence-corrected chi connectivity index (χ3v) is 3.79. The molecule has 0 aromatic heterocycles. The van der Waals surface area contributed by atoms with E-state index in [1.807, 2.05) is 0 Å². The second-order valence-electron chi connectivity index (χ2n) is 5.02. The Balaban J connectivity index is 2.28. The van der Waals surface area contributed by atoms with E-state index < -0.39 is 0 Å². The molecule has 0 bridgehead atoms. The van der Waals surface area contributed by atoms with Crippen LogP contribution in [0.4, 0.5) is 4.39 Å². The maximum atomic E-state index is 13.1. The molecule has 0 aliphatic heterocycles. The fourth-order valence-corrected chi connectivity index (χ4v) is 2.63. The Kier molecular flexibility index (Phi) is 4.76. The summed E-state index contributed by atoms with van der Waals surface area (Å²) in [6, 6.07) is 10.6. The minimum atomic E-state index is -0.331. The summed E-state index contributed by atoms with van der Waals surface area (Å²) in [5.74, 6) is 5.34. The average molecular weight is 293 g/mol. The van der Waals surface area contributed by atoms with Gasteiger partial charge in [0.25, 0.3) is 0 Å². The highest BCUT2D eigenvalue weighted by Gasteiger charge is 2.15. The Morgan fingerprint density at radius 3 is 2.55 bits per heavy atom. The summed E-state index contributed by atoms with van der Waals surface area (Å²) in [6.07, 6.45) is 0.611. The summed E-state index contributed by atoms with van der Waals surface area (Å²) in [7, 11) is 0. The van der Waals surface area contributed by atoms with Gasteiger partial charge < -0.3 is 0 Å². The van der Waals surface area contributed by atoms with Crippen molar-refractivity contribution in [3.05, 3.63) is 69.5 Å². The van der Waals surface area contributed by atoms with Crippen molar-refractivity contribution >= 4 is 11.6 Å². The molecule has 4 heteroatoms. The first-order valence-corrected chi connectivity index (χ1v) is 6.86. The molecule has 2 rings (SSSR count). The van der Waals surface area contributed by atoms with Crippen molar-refractivity contribution in [3.63, 3.8) is 0 Å². The lowest BCUT2D eigenvalue weighted by Crippen LogP contribution is -2.30. The van der Waals surface area contributed by atoms with Gasteiger partial charge in [-0.3, -0.25) is 11.3 Å². The molecule has 2 aromatic rings. The standard InChI is InChI=1S/C16H18ClFN2/c1-10-3-6-14(11(2)7-10)16(20-19)8-12-4-5-13(18)9-15(12)17/h3-7,9,16,20H,8,19H2,1-2H3. The van der Waals surface area contributed by atoms with Gasteiger partial charge in [-0.2, -0.15) is 0 Å². The van der Waals surface area contributed by atoms with Gasteiger partial charge in [0, 0.05) is 5.02 Å². The van der Waals surface area contributed by atoms with E-state index in [1.54, 1.807) is 6.07 Å². The maximum Gasteiger partial charge on any atom is 0.124 e. The molecule has 2 aromatic carbocycles. The fraction of sp³-hybridized carbons (Fsp3) is 0.250. The number of hydrogen-bond donors (Lipinski definition) is 2. The van der Waals surface area contributed by atoms with E-state index >= 15 is 0 Å². The second kappa shape index (κ2) is 6.35. The molecular formula is C16H18ClFN2. The molecule has 1 atom stereocenters. The lowest BCUT2D eigenvalue weighted by Gasteiger charge is -2.19. The van der Waals surface area contributed by atoms with Gasteiger partial charge >= 0.3 is 0 Å². The molecule has 0 saturated carbocycles. The molecule has 3 N–H and O–H groups in total. The normalized spacial score (nSPS) is 12.4. The molecule has 0 radical (unpaired) electrons. The van der Waals surface area contributed by atoms with Crippen LogP contribution in [0, 0.1) is 19.7 Å². The zero-order valence-corrected chi connectivity index (χ0v) is 12.3. The molecule has 106 valence electrons. The van der Waals surface area contributed by atoms with Crippen LogP contribution in [0.3, 0.4) is 0 Å². The third kappa shape index (κ3) is 3.37. The Hall–Kier alpha value is -1.42. The van der Waals surface area contributed by atoms with E-state index in [2.05, 4.69) is 37.5 Å². The van der Waals surface area contributed by atoms with E-state index in [1.165, 1.54) is 23.3 Å². The second-order valence-corrected chi connectivity index (χ2v) is 5.43. The molecule has 0 aliphatic rings. The van der Waals surface area contributed by atoms with E-state index in [4.69, 9.17) is 17.4 Å². The molecule has 2 nitrogen and oxygen atoms in total. The van der Waals surface area contributed by atoms with Crippen LogP contribution in [0.25, 0.3) is 0 Å². The van der Waals surface area contributed by atoms with Crippen molar-refractivity contribution in [2.45, 2.75) is 26.3 Å². The molecule has 0 spiro atoms. The molecule has 0 fully saturated rings. The third-order valence-electron chi connectivity index (χ3n) is 3.44. The largest absolute Gasteiger partial charge is 0.271 e. The van der Waals surface area contributed by atoms with Crippen molar-refractivity contribution in [1.29, 1.82) is 0 Å². The van der Waals surface area contributed by atoms with Gasteiger partial charge in [-0.15, -0.1) is 0 Å². The number of halogens is 2. The van der Waals surface area contributed by atoms with Crippen LogP contribution in [-0.2, 0) is 6.42 Å². The number of rotatable bonds is 4. The number of hydrogen-bond acceptors (Lipinski definition) is 2. The molecule has 1 unspecified atom stereocenters. The maximum absolute atomic E-state index is 13.1. The average Bonchev–Trinajstić information content (AvgIpc) is 2.39. The monoisotopic (exact) mass is 292 g/mol. The van der Waals surface area contributed by atoms with Gasteiger partial charge in [-0.05, 0) is 49.1 Å². The lowest BCUT2D eigenvalue weighted by molar-refractivity contribution is 0.548. The number of benzene rings is 2. The summed E-state index contributed by atoms with van der Waals surface area (Å²) >= 11 is 6.07. The lowest BCUT2D eigenvalue weighted by atomic mass is 9.94. The quantitative estimate of drug-likeness (QED) is 0.664. The minimum absolute atomic E-state index is 0.0569. The Bertz CT molecular complexity index is 613. The van der Waals surface area contributed by atoms with Crippen LogP contribution in [0.5, 0.6) is 0 Å². The van der Waals surface area contributed by atoms with Gasteiger partial charge in [0.2, 0.25) is 0 Å². The number of nitrogens with one attached hydrogen (secondary N) is 1. The molecule has 0 saturated heterocycles. The number of aryl methyl sites for hydroxylation is 2. The van der Waals surface area contributed by atoms with Gasteiger partial charge in [-0.1, -0.05) is 41.4 Å². The van der Waals surface area contributed by atoms with Crippen LogP contribution >= 0.6 is 11.6 Å². The summed E-state index contributed by atoms with van der Waals surface area (Å²) in [6.45, 7) is 4.11. The van der Waals surface area contributed by atoms with Crippen LogP contribution in [0.15, 0.2) is 36.4 Å². The van der Waals surface area contributed by atoms with Crippen molar-refractivity contribution in [2.24, 2.45) is 5.84 Å². The van der Waals surface area contributed by atoms with Crippen LogP contribution < -0.4 is 11.3 Å². The molecule has 20 heavy (non-hydrogen) atoms. The van der Waals surface area contributed by atoms with E-state index in [0.717, 1.165) is 11.1 Å². The molecule has 0 amide bonds. The van der Waals surface area contributed by atoms with E-state index in [0.29, 0.717) is 11.4 Å². The summed E-state index contributed by atoms with van der Waals surface area (Å²) in [4.78, 5) is 0. The number of hydrazine groups is 1. The van der Waals surface area contributed by atoms with Gasteiger partial charge in [0.1, 0.15) is 5.82 Å². The van der Waals surface area contributed by atoms with Crippen LogP contribution in [0.2, 0.25) is 5.02 Å². The van der Waals surface area contributed by atoms with Crippen LogP contribution in [0.1, 0.15) is 28.3 Å². The highest BCUT2D eigenvalue weighted by Crippen LogP contribution is 2.26. The smallest absolute Gasteiger partial charge is 0.124 e. The predicted octanol–water partition coefficient (Wildman–Crippen LogP) is 3.84. The SMILES string of the molecule is Cc1ccc(C(Cc2ccc(F)cc2Cl)NN)c(C)c1. The summed E-state index contributed by atoms with van der Waals surface area (Å²) < 4.78 is 13.1.